The molecule has 0 saturated heterocycles. The number of unbranched alkanes of at least 4 members (excludes halogenated alkanes) is 1. The van der Waals surface area contributed by atoms with E-state index in [2.05, 4.69) is 4.72 Å². The van der Waals surface area contributed by atoms with Crippen LogP contribution in [0.3, 0.4) is 0 Å². The minimum Gasteiger partial charge on any atom is -0.480 e. The largest absolute Gasteiger partial charge is 0.480 e. The molecule has 0 aliphatic heterocycles. The van der Waals surface area contributed by atoms with Crippen molar-refractivity contribution in [3.63, 3.8) is 0 Å². The molecule has 2 N–H and O–H groups in total. The molecule has 0 aromatic rings. The third-order valence-corrected chi connectivity index (χ3v) is 3.45. The number of hydrogen-bond acceptors (Lipinski definition) is 3. The van der Waals surface area contributed by atoms with Crippen molar-refractivity contribution in [1.82, 2.24) is 4.72 Å². The Morgan fingerprint density at radius 3 is 2.27 bits per heavy atom. The second-order valence-electron chi connectivity index (χ2n) is 3.85. The van der Waals surface area contributed by atoms with Crippen molar-refractivity contribution >= 4 is 16.0 Å². The van der Waals surface area contributed by atoms with Gasteiger partial charge >= 0.3 is 5.97 Å². The number of rotatable bonds is 7. The van der Waals surface area contributed by atoms with Crippen LogP contribution in [0.2, 0.25) is 0 Å². The molecule has 0 aliphatic carbocycles. The molecule has 6 heteroatoms. The molecule has 0 saturated carbocycles. The Morgan fingerprint density at radius 1 is 1.40 bits per heavy atom. The topological polar surface area (TPSA) is 83.5 Å². The number of sulfonamides is 1. The first-order chi connectivity index (χ1) is 6.80. The van der Waals surface area contributed by atoms with Gasteiger partial charge in [-0.2, -0.15) is 0 Å². The Balaban J connectivity index is 4.46. The fourth-order valence-electron chi connectivity index (χ4n) is 1.06. The van der Waals surface area contributed by atoms with Crippen molar-refractivity contribution in [1.29, 1.82) is 0 Å². The van der Waals surface area contributed by atoms with Crippen LogP contribution in [0.1, 0.15) is 33.6 Å². The van der Waals surface area contributed by atoms with E-state index in [1.807, 2.05) is 6.92 Å². The zero-order chi connectivity index (χ0) is 12.1. The fourth-order valence-corrected chi connectivity index (χ4v) is 2.60. The van der Waals surface area contributed by atoms with Crippen molar-refractivity contribution < 1.29 is 18.3 Å². The Bertz CT molecular complexity index is 297. The first kappa shape index (κ1) is 14.4. The lowest BCUT2D eigenvalue weighted by molar-refractivity contribution is -0.140. The maximum Gasteiger partial charge on any atom is 0.321 e. The highest BCUT2D eigenvalue weighted by molar-refractivity contribution is 7.89. The van der Waals surface area contributed by atoms with Crippen LogP contribution in [-0.2, 0) is 14.8 Å². The van der Waals surface area contributed by atoms with E-state index in [4.69, 9.17) is 5.11 Å². The maximum atomic E-state index is 11.4. The molecule has 0 spiro atoms. The Kier molecular flexibility index (Phi) is 5.82. The third kappa shape index (κ3) is 5.74. The second-order valence-corrected chi connectivity index (χ2v) is 5.72. The van der Waals surface area contributed by atoms with Crippen LogP contribution in [0.25, 0.3) is 0 Å². The smallest absolute Gasteiger partial charge is 0.321 e. The molecule has 0 amide bonds. The summed E-state index contributed by atoms with van der Waals surface area (Å²) in [6.45, 7) is 5.22. The van der Waals surface area contributed by atoms with Crippen LogP contribution in [0.15, 0.2) is 0 Å². The maximum absolute atomic E-state index is 11.4. The van der Waals surface area contributed by atoms with Crippen molar-refractivity contribution in [3.05, 3.63) is 0 Å². The van der Waals surface area contributed by atoms with E-state index in [0.717, 1.165) is 6.42 Å². The normalized spacial score (nSPS) is 14.1. The molecule has 0 radical (unpaired) electrons. The van der Waals surface area contributed by atoms with E-state index in [9.17, 15) is 13.2 Å². The van der Waals surface area contributed by atoms with Crippen LogP contribution in [0.5, 0.6) is 0 Å². The quantitative estimate of drug-likeness (QED) is 0.686. The predicted octanol–water partition coefficient (Wildman–Crippen LogP) is 0.815. The standard InChI is InChI=1S/C9H19NO4S/c1-4-5-6-15(13,14)10-8(7(2)3)9(11)12/h7-8,10H,4-6H2,1-3H3,(H,11,12)/t8-/m1/s1. The molecule has 0 bridgehead atoms. The zero-order valence-corrected chi connectivity index (χ0v) is 10.2. The second kappa shape index (κ2) is 6.07. The van der Waals surface area contributed by atoms with Gasteiger partial charge in [-0.1, -0.05) is 27.2 Å². The summed E-state index contributed by atoms with van der Waals surface area (Å²) in [6.07, 6.45) is 1.31. The monoisotopic (exact) mass is 237 g/mol. The lowest BCUT2D eigenvalue weighted by atomic mass is 10.1. The number of nitrogens with one attached hydrogen (secondary N) is 1. The summed E-state index contributed by atoms with van der Waals surface area (Å²) in [5.74, 6) is -1.41. The van der Waals surface area contributed by atoms with Gasteiger partial charge in [-0.25, -0.2) is 13.1 Å². The summed E-state index contributed by atoms with van der Waals surface area (Å²) in [5.41, 5.74) is 0. The van der Waals surface area contributed by atoms with Crippen molar-refractivity contribution in [3.8, 4) is 0 Å². The molecule has 0 aliphatic rings. The van der Waals surface area contributed by atoms with Crippen molar-refractivity contribution in [2.45, 2.75) is 39.7 Å². The highest BCUT2D eigenvalue weighted by atomic mass is 32.2. The van der Waals surface area contributed by atoms with Gasteiger partial charge in [0.25, 0.3) is 0 Å². The zero-order valence-electron chi connectivity index (χ0n) is 9.36. The number of carboxylic acid groups (broad SMARTS) is 1. The first-order valence-corrected chi connectivity index (χ1v) is 6.68. The van der Waals surface area contributed by atoms with Gasteiger partial charge in [0, 0.05) is 0 Å². The van der Waals surface area contributed by atoms with Crippen molar-refractivity contribution in [2.75, 3.05) is 5.75 Å². The van der Waals surface area contributed by atoms with E-state index >= 15 is 0 Å². The lowest BCUT2D eigenvalue weighted by Gasteiger charge is -2.17. The van der Waals surface area contributed by atoms with Crippen LogP contribution in [0, 0.1) is 5.92 Å². The first-order valence-electron chi connectivity index (χ1n) is 5.03. The fraction of sp³-hybridized carbons (Fsp3) is 0.889. The highest BCUT2D eigenvalue weighted by Crippen LogP contribution is 2.04. The highest BCUT2D eigenvalue weighted by Gasteiger charge is 2.26. The van der Waals surface area contributed by atoms with Crippen LogP contribution < -0.4 is 4.72 Å². The molecule has 0 heterocycles. The van der Waals surface area contributed by atoms with Gasteiger partial charge in [-0.15, -0.1) is 0 Å². The third-order valence-electron chi connectivity index (χ3n) is 2.01. The summed E-state index contributed by atoms with van der Waals surface area (Å²) < 4.78 is 25.1. The number of aliphatic carboxylic acids is 1. The Morgan fingerprint density at radius 2 is 1.93 bits per heavy atom. The molecular weight excluding hydrogens is 218 g/mol. The van der Waals surface area contributed by atoms with Gasteiger partial charge in [-0.3, -0.25) is 4.79 Å². The van der Waals surface area contributed by atoms with Crippen LogP contribution in [-0.4, -0.2) is 31.3 Å². The predicted molar refractivity (Wildman–Crippen MR) is 58.1 cm³/mol. The Labute approximate surface area is 90.9 Å². The molecular formula is C9H19NO4S. The van der Waals surface area contributed by atoms with Gasteiger partial charge < -0.3 is 5.11 Å². The van der Waals surface area contributed by atoms with E-state index in [-0.39, 0.29) is 11.7 Å². The van der Waals surface area contributed by atoms with E-state index in [1.54, 1.807) is 13.8 Å². The van der Waals surface area contributed by atoms with E-state index in [0.29, 0.717) is 6.42 Å². The number of carbonyl (C=O) groups is 1. The summed E-state index contributed by atoms with van der Waals surface area (Å²) in [5, 5.41) is 8.81. The molecule has 15 heavy (non-hydrogen) atoms. The number of hydrogen-bond donors (Lipinski definition) is 2. The van der Waals surface area contributed by atoms with Crippen molar-refractivity contribution in [2.24, 2.45) is 5.92 Å². The lowest BCUT2D eigenvalue weighted by Crippen LogP contribution is -2.45. The number of carboxylic acids is 1. The van der Waals surface area contributed by atoms with Gasteiger partial charge in [0.2, 0.25) is 10.0 Å². The molecule has 90 valence electrons. The average Bonchev–Trinajstić information content (AvgIpc) is 2.10. The Hall–Kier alpha value is -0.620. The molecule has 0 fully saturated rings. The molecule has 0 rings (SSSR count). The summed E-state index contributed by atoms with van der Waals surface area (Å²) in [6, 6.07) is -1.04. The molecule has 1 atom stereocenters. The summed E-state index contributed by atoms with van der Waals surface area (Å²) in [4.78, 5) is 10.8. The summed E-state index contributed by atoms with van der Waals surface area (Å²) >= 11 is 0. The van der Waals surface area contributed by atoms with Gasteiger partial charge in [-0.05, 0) is 12.3 Å². The van der Waals surface area contributed by atoms with Gasteiger partial charge in [0.1, 0.15) is 6.04 Å². The SMILES string of the molecule is CCCCS(=O)(=O)N[C@@H](C(=O)O)C(C)C. The van der Waals surface area contributed by atoms with Gasteiger partial charge in [0.15, 0.2) is 0 Å². The van der Waals surface area contributed by atoms with Crippen LogP contribution >= 0.6 is 0 Å². The average molecular weight is 237 g/mol. The van der Waals surface area contributed by atoms with E-state index in [1.165, 1.54) is 0 Å². The van der Waals surface area contributed by atoms with E-state index < -0.39 is 22.0 Å². The molecule has 0 unspecified atom stereocenters. The molecule has 5 nitrogen and oxygen atoms in total. The molecule has 0 aromatic heterocycles. The minimum atomic E-state index is -3.46. The van der Waals surface area contributed by atoms with Crippen LogP contribution in [0.4, 0.5) is 0 Å². The van der Waals surface area contributed by atoms with Gasteiger partial charge in [0.05, 0.1) is 5.75 Å². The molecule has 0 aromatic carbocycles. The minimum absolute atomic E-state index is 0.0139. The summed E-state index contributed by atoms with van der Waals surface area (Å²) in [7, 11) is -3.46.